The highest BCUT2D eigenvalue weighted by Gasteiger charge is 2.13. The number of benzene rings is 1. The fraction of sp³-hybridized carbons (Fsp3) is 0.278. The fourth-order valence-corrected chi connectivity index (χ4v) is 2.68. The van der Waals surface area contributed by atoms with E-state index in [1.54, 1.807) is 31.3 Å². The molecular weight excluding hydrogens is 322 g/mol. The second-order valence-corrected chi connectivity index (χ2v) is 5.79. The third kappa shape index (κ3) is 3.55. The lowest BCUT2D eigenvalue weighted by molar-refractivity contribution is -0.116. The Morgan fingerprint density at radius 3 is 2.68 bits per heavy atom. The first kappa shape index (κ1) is 16.8. The second-order valence-electron chi connectivity index (χ2n) is 5.79. The monoisotopic (exact) mass is 341 g/mol. The quantitative estimate of drug-likeness (QED) is 0.743. The summed E-state index contributed by atoms with van der Waals surface area (Å²) in [5.41, 5.74) is 3.02. The Bertz CT molecular complexity index is 920. The molecule has 7 heteroatoms. The summed E-state index contributed by atoms with van der Waals surface area (Å²) in [5.74, 6) is 0.585. The molecule has 0 radical (unpaired) electrons. The van der Waals surface area contributed by atoms with Crippen LogP contribution < -0.4 is 10.6 Å². The highest BCUT2D eigenvalue weighted by atomic mass is 16.5. The first-order valence-electron chi connectivity index (χ1n) is 7.95. The maximum atomic E-state index is 12.2. The third-order valence-electron chi connectivity index (χ3n) is 4.03. The number of furan rings is 1. The summed E-state index contributed by atoms with van der Waals surface area (Å²) in [6.07, 6.45) is 0.900. The van der Waals surface area contributed by atoms with Crippen LogP contribution in [-0.4, -0.2) is 24.0 Å². The minimum Gasteiger partial charge on any atom is -0.451 e. The average Bonchev–Trinajstić information content (AvgIpc) is 3.15. The van der Waals surface area contributed by atoms with Crippen molar-refractivity contribution in [2.45, 2.75) is 26.7 Å². The molecule has 1 aromatic carbocycles. The summed E-state index contributed by atoms with van der Waals surface area (Å²) >= 11 is 0. The number of hydrogen-bond acceptors (Lipinski definition) is 5. The molecule has 2 aromatic heterocycles. The van der Waals surface area contributed by atoms with Gasteiger partial charge in [-0.05, 0) is 44.5 Å². The van der Waals surface area contributed by atoms with Gasteiger partial charge in [-0.3, -0.25) is 9.59 Å². The molecule has 3 aromatic rings. The van der Waals surface area contributed by atoms with Crippen molar-refractivity contribution in [2.24, 2.45) is 0 Å². The van der Waals surface area contributed by atoms with Crippen LogP contribution in [0, 0.1) is 13.8 Å². The Kier molecular flexibility index (Phi) is 4.56. The van der Waals surface area contributed by atoms with Crippen LogP contribution in [0.15, 0.2) is 33.2 Å². The summed E-state index contributed by atoms with van der Waals surface area (Å²) in [6.45, 7) is 3.70. The maximum absolute atomic E-state index is 12.2. The van der Waals surface area contributed by atoms with E-state index < -0.39 is 0 Å². The number of aryl methyl sites for hydroxylation is 2. The van der Waals surface area contributed by atoms with E-state index in [2.05, 4.69) is 15.8 Å². The Morgan fingerprint density at radius 1 is 1.20 bits per heavy atom. The van der Waals surface area contributed by atoms with Gasteiger partial charge in [-0.25, -0.2) is 0 Å². The Hall–Kier alpha value is -3.09. The Morgan fingerprint density at radius 2 is 2.00 bits per heavy atom. The molecule has 25 heavy (non-hydrogen) atoms. The molecule has 2 N–H and O–H groups in total. The Balaban J connectivity index is 1.67. The highest BCUT2D eigenvalue weighted by molar-refractivity contribution is 5.98. The summed E-state index contributed by atoms with van der Waals surface area (Å²) in [5, 5.41) is 10.0. The summed E-state index contributed by atoms with van der Waals surface area (Å²) in [6, 6.07) is 6.89. The second kappa shape index (κ2) is 6.80. The van der Waals surface area contributed by atoms with E-state index in [9.17, 15) is 9.59 Å². The topological polar surface area (TPSA) is 97.4 Å². The molecule has 0 saturated carbocycles. The van der Waals surface area contributed by atoms with E-state index >= 15 is 0 Å². The molecule has 0 atom stereocenters. The van der Waals surface area contributed by atoms with Crippen molar-refractivity contribution in [1.29, 1.82) is 0 Å². The average molecular weight is 341 g/mol. The van der Waals surface area contributed by atoms with Crippen molar-refractivity contribution in [3.8, 4) is 0 Å². The standard InChI is InChI=1S/C18H19N3O4/c1-10-14(11(2)25-21-10)5-7-17(22)20-13-4-6-15-12(8-13)9-16(24-15)18(23)19-3/h4,6,8-9H,5,7H2,1-3H3,(H,19,23)(H,20,22). The molecule has 0 fully saturated rings. The molecule has 0 aliphatic carbocycles. The summed E-state index contributed by atoms with van der Waals surface area (Å²) in [7, 11) is 1.54. The van der Waals surface area contributed by atoms with Crippen molar-refractivity contribution in [3.63, 3.8) is 0 Å². The van der Waals surface area contributed by atoms with Gasteiger partial charge in [0, 0.05) is 30.1 Å². The number of rotatable bonds is 5. The normalized spacial score (nSPS) is 10.8. The fourth-order valence-electron chi connectivity index (χ4n) is 2.68. The molecule has 0 aliphatic heterocycles. The van der Waals surface area contributed by atoms with Gasteiger partial charge in [0.25, 0.3) is 5.91 Å². The van der Waals surface area contributed by atoms with E-state index in [4.69, 9.17) is 8.94 Å². The van der Waals surface area contributed by atoms with E-state index in [0.29, 0.717) is 24.1 Å². The van der Waals surface area contributed by atoms with E-state index in [1.165, 1.54) is 0 Å². The zero-order valence-corrected chi connectivity index (χ0v) is 14.3. The van der Waals surface area contributed by atoms with Crippen LogP contribution in [0.2, 0.25) is 0 Å². The van der Waals surface area contributed by atoms with Gasteiger partial charge >= 0.3 is 0 Å². The number of nitrogens with zero attached hydrogens (tertiary/aromatic N) is 1. The number of hydrogen-bond donors (Lipinski definition) is 2. The van der Waals surface area contributed by atoms with Crippen LogP contribution in [0.25, 0.3) is 11.0 Å². The number of nitrogens with one attached hydrogen (secondary N) is 2. The van der Waals surface area contributed by atoms with Crippen LogP contribution in [0.1, 0.15) is 34.0 Å². The minimum absolute atomic E-state index is 0.102. The molecule has 0 bridgehead atoms. The molecule has 0 unspecified atom stereocenters. The van der Waals surface area contributed by atoms with Crippen LogP contribution in [-0.2, 0) is 11.2 Å². The van der Waals surface area contributed by atoms with E-state index in [-0.39, 0.29) is 17.6 Å². The maximum Gasteiger partial charge on any atom is 0.286 e. The van der Waals surface area contributed by atoms with Crippen molar-refractivity contribution in [3.05, 3.63) is 47.0 Å². The van der Waals surface area contributed by atoms with Gasteiger partial charge < -0.3 is 19.6 Å². The van der Waals surface area contributed by atoms with Crippen LogP contribution in [0.3, 0.4) is 0 Å². The molecule has 7 nitrogen and oxygen atoms in total. The van der Waals surface area contributed by atoms with Gasteiger partial charge in [-0.2, -0.15) is 0 Å². The van der Waals surface area contributed by atoms with Crippen LogP contribution in [0.5, 0.6) is 0 Å². The molecule has 0 spiro atoms. The van der Waals surface area contributed by atoms with Gasteiger partial charge in [0.15, 0.2) is 5.76 Å². The number of carbonyl (C=O) groups excluding carboxylic acids is 2. The number of anilines is 1. The van der Waals surface area contributed by atoms with Crippen LogP contribution >= 0.6 is 0 Å². The third-order valence-corrected chi connectivity index (χ3v) is 4.03. The predicted octanol–water partition coefficient (Wildman–Crippen LogP) is 2.97. The van der Waals surface area contributed by atoms with E-state index in [1.807, 2.05) is 13.8 Å². The SMILES string of the molecule is CNC(=O)c1cc2cc(NC(=O)CCc3c(C)noc3C)ccc2o1. The van der Waals surface area contributed by atoms with Crippen LogP contribution in [0.4, 0.5) is 5.69 Å². The first-order valence-corrected chi connectivity index (χ1v) is 7.95. The van der Waals surface area contributed by atoms with Crippen molar-refractivity contribution >= 4 is 28.5 Å². The lowest BCUT2D eigenvalue weighted by atomic mass is 10.1. The molecule has 0 saturated heterocycles. The van der Waals surface area contributed by atoms with Crippen molar-refractivity contribution < 1.29 is 18.5 Å². The van der Waals surface area contributed by atoms with Crippen molar-refractivity contribution in [2.75, 3.05) is 12.4 Å². The highest BCUT2D eigenvalue weighted by Crippen LogP contribution is 2.23. The molecule has 0 aliphatic rings. The molecule has 2 amide bonds. The molecule has 3 rings (SSSR count). The lowest BCUT2D eigenvalue weighted by Gasteiger charge is -2.05. The molecular formula is C18H19N3O4. The first-order chi connectivity index (χ1) is 12.0. The van der Waals surface area contributed by atoms with Gasteiger partial charge in [0.2, 0.25) is 5.91 Å². The zero-order valence-electron chi connectivity index (χ0n) is 14.3. The largest absolute Gasteiger partial charge is 0.451 e. The number of carbonyl (C=O) groups is 2. The summed E-state index contributed by atoms with van der Waals surface area (Å²) in [4.78, 5) is 23.8. The van der Waals surface area contributed by atoms with Gasteiger partial charge in [-0.15, -0.1) is 0 Å². The number of fused-ring (bicyclic) bond motifs is 1. The number of amides is 2. The van der Waals surface area contributed by atoms with Gasteiger partial charge in [0.05, 0.1) is 5.69 Å². The zero-order chi connectivity index (χ0) is 18.0. The minimum atomic E-state index is -0.291. The van der Waals surface area contributed by atoms with Crippen molar-refractivity contribution in [1.82, 2.24) is 10.5 Å². The molecule has 130 valence electrons. The Labute approximate surface area is 144 Å². The molecule has 2 heterocycles. The van der Waals surface area contributed by atoms with Gasteiger partial charge in [0.1, 0.15) is 11.3 Å². The predicted molar refractivity (Wildman–Crippen MR) is 92.5 cm³/mol. The smallest absolute Gasteiger partial charge is 0.286 e. The van der Waals surface area contributed by atoms with Gasteiger partial charge in [-0.1, -0.05) is 5.16 Å². The van der Waals surface area contributed by atoms with E-state index in [0.717, 1.165) is 22.4 Å². The number of aromatic nitrogens is 1. The summed E-state index contributed by atoms with van der Waals surface area (Å²) < 4.78 is 10.6. The lowest BCUT2D eigenvalue weighted by Crippen LogP contribution is -2.16.